The number of halogens is 2. The number of benzene rings is 3. The summed E-state index contributed by atoms with van der Waals surface area (Å²) in [6.07, 6.45) is 1.32. The molecular weight excluding hydrogens is 447 g/mol. The van der Waals surface area contributed by atoms with Gasteiger partial charge in [0.05, 0.1) is 28.4 Å². The molecule has 0 heterocycles. The fourth-order valence-corrected chi connectivity index (χ4v) is 2.93. The highest BCUT2D eigenvalue weighted by atomic mass is 35.5. The summed E-state index contributed by atoms with van der Waals surface area (Å²) in [4.78, 5) is 24.1. The fourth-order valence-electron chi connectivity index (χ4n) is 2.69. The largest absolute Gasteiger partial charge is 0.482 e. The van der Waals surface area contributed by atoms with Crippen molar-refractivity contribution in [3.63, 3.8) is 0 Å². The molecule has 0 fully saturated rings. The van der Waals surface area contributed by atoms with E-state index in [1.807, 2.05) is 19.1 Å². The number of nitrogens with one attached hydrogen (secondary N) is 2. The highest BCUT2D eigenvalue weighted by Crippen LogP contribution is 2.25. The van der Waals surface area contributed by atoms with Crippen molar-refractivity contribution < 1.29 is 18.7 Å². The number of ether oxygens (including phenoxy) is 1. The van der Waals surface area contributed by atoms with Gasteiger partial charge < -0.3 is 10.1 Å². The summed E-state index contributed by atoms with van der Waals surface area (Å²) in [5.41, 5.74) is 4.36. The van der Waals surface area contributed by atoms with Gasteiger partial charge >= 0.3 is 0 Å². The molecule has 0 aliphatic rings. The van der Waals surface area contributed by atoms with Crippen LogP contribution in [0.4, 0.5) is 10.1 Å². The molecule has 0 bridgehead atoms. The van der Waals surface area contributed by atoms with Gasteiger partial charge in [0.1, 0.15) is 11.6 Å². The van der Waals surface area contributed by atoms with Crippen molar-refractivity contribution >= 4 is 35.3 Å². The molecule has 9 heteroatoms. The highest BCUT2D eigenvalue weighted by Gasteiger charge is 2.12. The van der Waals surface area contributed by atoms with E-state index in [1.165, 1.54) is 24.4 Å². The zero-order chi connectivity index (χ0) is 23.8. The van der Waals surface area contributed by atoms with Crippen LogP contribution < -0.4 is 15.5 Å². The summed E-state index contributed by atoms with van der Waals surface area (Å²) in [6, 6.07) is 17.4. The molecule has 33 heavy (non-hydrogen) atoms. The first-order valence-corrected chi connectivity index (χ1v) is 10.1. The molecule has 0 aromatic heterocycles. The normalized spacial score (nSPS) is 10.5. The fraction of sp³-hybridized carbons (Fsp3) is 0.0833. The van der Waals surface area contributed by atoms with Gasteiger partial charge in [-0.25, -0.2) is 9.82 Å². The molecule has 0 saturated heterocycles. The summed E-state index contributed by atoms with van der Waals surface area (Å²) in [6.45, 7) is 1.72. The van der Waals surface area contributed by atoms with Crippen molar-refractivity contribution in [1.29, 1.82) is 5.26 Å². The molecule has 166 valence electrons. The van der Waals surface area contributed by atoms with Gasteiger partial charge in [-0.15, -0.1) is 0 Å². The number of nitrogens with zero attached hydrogens (tertiary/aromatic N) is 2. The van der Waals surface area contributed by atoms with Crippen LogP contribution in [0.25, 0.3) is 0 Å². The number of hydrogen-bond acceptors (Lipinski definition) is 5. The first-order chi connectivity index (χ1) is 15.9. The molecule has 0 radical (unpaired) electrons. The second kappa shape index (κ2) is 10.9. The Morgan fingerprint density at radius 1 is 1.15 bits per heavy atom. The van der Waals surface area contributed by atoms with E-state index in [4.69, 9.17) is 21.6 Å². The SMILES string of the molecule is Cc1ccc(NC(=O)COc2ccc(C=NNC(=O)c3ccc(C#N)cc3F)cc2Cl)cc1. The second-order valence-electron chi connectivity index (χ2n) is 6.90. The van der Waals surface area contributed by atoms with Crippen LogP contribution in [0.2, 0.25) is 5.02 Å². The Morgan fingerprint density at radius 3 is 2.58 bits per heavy atom. The average molecular weight is 465 g/mol. The maximum Gasteiger partial charge on any atom is 0.274 e. The molecule has 0 spiro atoms. The lowest BCUT2D eigenvalue weighted by molar-refractivity contribution is -0.118. The van der Waals surface area contributed by atoms with Gasteiger partial charge in [-0.05, 0) is 61.0 Å². The summed E-state index contributed by atoms with van der Waals surface area (Å²) in [7, 11) is 0. The second-order valence-corrected chi connectivity index (χ2v) is 7.31. The van der Waals surface area contributed by atoms with Gasteiger partial charge in [-0.3, -0.25) is 9.59 Å². The number of anilines is 1. The van der Waals surface area contributed by atoms with E-state index >= 15 is 0 Å². The lowest BCUT2D eigenvalue weighted by atomic mass is 10.1. The molecule has 3 aromatic carbocycles. The first kappa shape index (κ1) is 23.4. The molecule has 0 unspecified atom stereocenters. The lowest BCUT2D eigenvalue weighted by Gasteiger charge is -2.09. The van der Waals surface area contributed by atoms with E-state index in [2.05, 4.69) is 15.8 Å². The molecule has 3 rings (SSSR count). The van der Waals surface area contributed by atoms with Gasteiger partial charge in [0.25, 0.3) is 11.8 Å². The van der Waals surface area contributed by atoms with Crippen molar-refractivity contribution in [2.24, 2.45) is 5.10 Å². The predicted octanol–water partition coefficient (Wildman–Crippen LogP) is 4.44. The van der Waals surface area contributed by atoms with Crippen molar-refractivity contribution in [3.8, 4) is 11.8 Å². The van der Waals surface area contributed by atoms with Gasteiger partial charge in [-0.2, -0.15) is 10.4 Å². The lowest BCUT2D eigenvalue weighted by Crippen LogP contribution is -2.20. The maximum absolute atomic E-state index is 13.9. The monoisotopic (exact) mass is 464 g/mol. The number of hydrazone groups is 1. The van der Waals surface area contributed by atoms with Gasteiger partial charge in [0.2, 0.25) is 0 Å². The van der Waals surface area contributed by atoms with E-state index in [0.717, 1.165) is 11.6 Å². The standard InChI is InChI=1S/C24H18ClFN4O3/c1-15-2-6-18(7-3-15)29-23(31)14-33-22-9-5-17(10-20(22)25)13-28-30-24(32)19-8-4-16(12-27)11-21(19)26/h2-11,13H,14H2,1H3,(H,29,31)(H,30,32). The zero-order valence-corrected chi connectivity index (χ0v) is 18.2. The Morgan fingerprint density at radius 2 is 1.91 bits per heavy atom. The Hall–Kier alpha value is -4.22. The number of carbonyl (C=O) groups is 2. The van der Waals surface area contributed by atoms with Gasteiger partial charge in [0, 0.05) is 5.69 Å². The van der Waals surface area contributed by atoms with Crippen molar-refractivity contribution in [1.82, 2.24) is 5.43 Å². The van der Waals surface area contributed by atoms with Crippen LogP contribution in [-0.4, -0.2) is 24.6 Å². The Kier molecular flexibility index (Phi) is 7.73. The van der Waals surface area contributed by atoms with Crippen LogP contribution in [0.5, 0.6) is 5.75 Å². The van der Waals surface area contributed by atoms with E-state index < -0.39 is 11.7 Å². The number of hydrogen-bond donors (Lipinski definition) is 2. The zero-order valence-electron chi connectivity index (χ0n) is 17.4. The van der Waals surface area contributed by atoms with E-state index in [-0.39, 0.29) is 28.7 Å². The summed E-state index contributed by atoms with van der Waals surface area (Å²) in [5.74, 6) is -1.62. The minimum Gasteiger partial charge on any atom is -0.482 e. The third-order valence-electron chi connectivity index (χ3n) is 4.37. The van der Waals surface area contributed by atoms with Crippen LogP contribution in [-0.2, 0) is 4.79 Å². The van der Waals surface area contributed by atoms with Gasteiger partial charge in [-0.1, -0.05) is 29.3 Å². The molecule has 2 N–H and O–H groups in total. The topological polar surface area (TPSA) is 104 Å². The molecule has 0 saturated carbocycles. The minimum absolute atomic E-state index is 0.108. The predicted molar refractivity (Wildman–Crippen MR) is 123 cm³/mol. The molecule has 0 aliphatic heterocycles. The van der Waals surface area contributed by atoms with Crippen molar-refractivity contribution in [2.75, 3.05) is 11.9 Å². The number of amides is 2. The summed E-state index contributed by atoms with van der Waals surface area (Å²) >= 11 is 6.20. The van der Waals surface area contributed by atoms with E-state index in [1.54, 1.807) is 30.3 Å². The Bertz CT molecular complexity index is 1250. The minimum atomic E-state index is -0.822. The van der Waals surface area contributed by atoms with Crippen molar-refractivity contribution in [3.05, 3.63) is 93.8 Å². The summed E-state index contributed by atoms with van der Waals surface area (Å²) < 4.78 is 19.3. The first-order valence-electron chi connectivity index (χ1n) is 9.67. The Labute approximate surface area is 194 Å². The third kappa shape index (κ3) is 6.63. The molecule has 0 aliphatic carbocycles. The molecule has 2 amide bonds. The van der Waals surface area contributed by atoms with Crippen LogP contribution in [0.3, 0.4) is 0 Å². The third-order valence-corrected chi connectivity index (χ3v) is 4.67. The molecule has 0 atom stereocenters. The quantitative estimate of drug-likeness (QED) is 0.398. The highest BCUT2D eigenvalue weighted by molar-refractivity contribution is 6.32. The smallest absolute Gasteiger partial charge is 0.274 e. The summed E-state index contributed by atoms with van der Waals surface area (Å²) in [5, 5.41) is 15.5. The van der Waals surface area contributed by atoms with E-state index in [9.17, 15) is 14.0 Å². The Balaban J connectivity index is 1.54. The van der Waals surface area contributed by atoms with E-state index in [0.29, 0.717) is 17.0 Å². The van der Waals surface area contributed by atoms with Gasteiger partial charge in [0.15, 0.2) is 6.61 Å². The number of carbonyl (C=O) groups excluding carboxylic acids is 2. The van der Waals surface area contributed by atoms with Crippen LogP contribution in [0.15, 0.2) is 65.8 Å². The molecular formula is C24H18ClFN4O3. The maximum atomic E-state index is 13.9. The van der Waals surface area contributed by atoms with Crippen LogP contribution in [0.1, 0.15) is 27.0 Å². The molecule has 7 nitrogen and oxygen atoms in total. The van der Waals surface area contributed by atoms with Crippen molar-refractivity contribution in [2.45, 2.75) is 6.92 Å². The number of aryl methyl sites for hydroxylation is 1. The number of nitriles is 1. The van der Waals surface area contributed by atoms with Crippen LogP contribution >= 0.6 is 11.6 Å². The van der Waals surface area contributed by atoms with Crippen LogP contribution in [0, 0.1) is 24.1 Å². The number of rotatable bonds is 7. The average Bonchev–Trinajstić information content (AvgIpc) is 2.79. The molecule has 3 aromatic rings.